The number of Topliss-reactive ketones (excluding diaryl/α,β-unsaturated/α-hetero) is 1. The van der Waals surface area contributed by atoms with Crippen LogP contribution in [0, 0.1) is 0 Å². The molecule has 140 valence electrons. The van der Waals surface area contributed by atoms with E-state index in [1.165, 1.54) is 0 Å². The summed E-state index contributed by atoms with van der Waals surface area (Å²) in [6, 6.07) is 29.3. The lowest BCUT2D eigenvalue weighted by atomic mass is 9.68. The molecule has 1 aliphatic rings. The van der Waals surface area contributed by atoms with Crippen LogP contribution in [0.2, 0.25) is 0 Å². The van der Waals surface area contributed by atoms with Crippen molar-refractivity contribution >= 4 is 11.7 Å². The Labute approximate surface area is 165 Å². The van der Waals surface area contributed by atoms with Crippen LogP contribution in [0.3, 0.4) is 0 Å². The van der Waals surface area contributed by atoms with Gasteiger partial charge in [0.2, 0.25) is 0 Å². The van der Waals surface area contributed by atoms with Crippen molar-refractivity contribution in [3.8, 4) is 0 Å². The normalized spacial score (nSPS) is 16.4. The molecule has 1 aliphatic heterocycles. The molecule has 0 unspecified atom stereocenters. The zero-order valence-electron chi connectivity index (χ0n) is 15.8. The Kier molecular flexibility index (Phi) is 5.07. The van der Waals surface area contributed by atoms with Gasteiger partial charge in [0.15, 0.2) is 0 Å². The molecule has 0 saturated carbocycles. The van der Waals surface area contributed by atoms with Crippen LogP contribution in [-0.2, 0) is 10.2 Å². The number of likely N-dealkylation sites (tertiary alicyclic amines) is 1. The van der Waals surface area contributed by atoms with Crippen LogP contribution in [0.1, 0.15) is 34.3 Å². The molecule has 3 heteroatoms. The Bertz CT molecular complexity index is 912. The SMILES string of the molecule is O=C(c1ccccc1)N1CCC(=O)C(c2ccccc2)(c2ccccc2)CC1. The van der Waals surface area contributed by atoms with E-state index in [2.05, 4.69) is 0 Å². The highest BCUT2D eigenvalue weighted by atomic mass is 16.2. The number of amides is 1. The number of rotatable bonds is 3. The first-order valence-corrected chi connectivity index (χ1v) is 9.70. The van der Waals surface area contributed by atoms with Gasteiger partial charge in [-0.25, -0.2) is 0 Å². The van der Waals surface area contributed by atoms with Crippen LogP contribution < -0.4 is 0 Å². The fourth-order valence-electron chi connectivity index (χ4n) is 4.19. The van der Waals surface area contributed by atoms with Crippen LogP contribution in [0.15, 0.2) is 91.0 Å². The van der Waals surface area contributed by atoms with E-state index in [9.17, 15) is 9.59 Å². The molecule has 0 N–H and O–H groups in total. The van der Waals surface area contributed by atoms with E-state index < -0.39 is 5.41 Å². The quantitative estimate of drug-likeness (QED) is 0.683. The number of ketones is 1. The molecule has 3 aromatic carbocycles. The van der Waals surface area contributed by atoms with E-state index in [-0.39, 0.29) is 11.7 Å². The van der Waals surface area contributed by atoms with E-state index in [0.717, 1.165) is 11.1 Å². The Balaban J connectivity index is 1.72. The van der Waals surface area contributed by atoms with Gasteiger partial charge >= 0.3 is 0 Å². The highest BCUT2D eigenvalue weighted by molar-refractivity contribution is 5.97. The number of hydrogen-bond acceptors (Lipinski definition) is 2. The lowest BCUT2D eigenvalue weighted by Crippen LogP contribution is -2.37. The van der Waals surface area contributed by atoms with Gasteiger partial charge in [0.25, 0.3) is 5.91 Å². The molecule has 0 aliphatic carbocycles. The molecule has 0 radical (unpaired) electrons. The molecule has 28 heavy (non-hydrogen) atoms. The fraction of sp³-hybridized carbons (Fsp3) is 0.200. The Morgan fingerprint density at radius 3 is 1.75 bits per heavy atom. The second-order valence-electron chi connectivity index (χ2n) is 7.22. The molecular formula is C25H23NO2. The van der Waals surface area contributed by atoms with Gasteiger partial charge in [-0.3, -0.25) is 9.59 Å². The molecule has 3 aromatic rings. The minimum Gasteiger partial charge on any atom is -0.338 e. The van der Waals surface area contributed by atoms with Crippen LogP contribution in [0.5, 0.6) is 0 Å². The second-order valence-corrected chi connectivity index (χ2v) is 7.22. The first kappa shape index (κ1) is 18.2. The summed E-state index contributed by atoms with van der Waals surface area (Å²) in [6.07, 6.45) is 0.931. The smallest absolute Gasteiger partial charge is 0.253 e. The van der Waals surface area contributed by atoms with Gasteiger partial charge in [-0.05, 0) is 29.7 Å². The zero-order valence-corrected chi connectivity index (χ0v) is 15.8. The Morgan fingerprint density at radius 2 is 1.21 bits per heavy atom. The molecule has 0 aromatic heterocycles. The van der Waals surface area contributed by atoms with Crippen molar-refractivity contribution in [2.24, 2.45) is 0 Å². The molecule has 1 saturated heterocycles. The summed E-state index contributed by atoms with van der Waals surface area (Å²) in [6.45, 7) is 0.997. The van der Waals surface area contributed by atoms with Gasteiger partial charge in [0.1, 0.15) is 5.78 Å². The van der Waals surface area contributed by atoms with Crippen molar-refractivity contribution < 1.29 is 9.59 Å². The summed E-state index contributed by atoms with van der Waals surface area (Å²) in [5.41, 5.74) is 1.95. The topological polar surface area (TPSA) is 37.4 Å². The molecule has 0 spiro atoms. The number of benzene rings is 3. The molecule has 1 amide bonds. The van der Waals surface area contributed by atoms with Crippen LogP contribution in [0.25, 0.3) is 0 Å². The summed E-state index contributed by atoms with van der Waals surface area (Å²) >= 11 is 0. The van der Waals surface area contributed by atoms with Gasteiger partial charge in [-0.2, -0.15) is 0 Å². The molecule has 0 atom stereocenters. The highest BCUT2D eigenvalue weighted by Crippen LogP contribution is 2.39. The standard InChI is InChI=1S/C25H23NO2/c27-23-16-18-26(24(28)20-10-4-1-5-11-20)19-17-25(23,21-12-6-2-7-13-21)22-14-8-3-9-15-22/h1-15H,16-19H2. The summed E-state index contributed by atoms with van der Waals surface area (Å²) in [4.78, 5) is 28.3. The summed E-state index contributed by atoms with van der Waals surface area (Å²) < 4.78 is 0. The van der Waals surface area contributed by atoms with Crippen molar-refractivity contribution in [2.45, 2.75) is 18.3 Å². The maximum atomic E-state index is 13.5. The van der Waals surface area contributed by atoms with E-state index in [1.807, 2.05) is 95.9 Å². The molecule has 4 rings (SSSR count). The summed E-state index contributed by atoms with van der Waals surface area (Å²) in [5, 5.41) is 0. The predicted octanol–water partition coefficient (Wildman–Crippen LogP) is 4.48. The lowest BCUT2D eigenvalue weighted by Gasteiger charge is -2.32. The van der Waals surface area contributed by atoms with Crippen LogP contribution in [0.4, 0.5) is 0 Å². The van der Waals surface area contributed by atoms with E-state index in [1.54, 1.807) is 0 Å². The molecular weight excluding hydrogens is 346 g/mol. The maximum Gasteiger partial charge on any atom is 0.253 e. The van der Waals surface area contributed by atoms with Crippen molar-refractivity contribution in [3.05, 3.63) is 108 Å². The van der Waals surface area contributed by atoms with E-state index in [0.29, 0.717) is 31.5 Å². The third kappa shape index (κ3) is 3.24. The van der Waals surface area contributed by atoms with Gasteiger partial charge in [-0.1, -0.05) is 78.9 Å². The van der Waals surface area contributed by atoms with Crippen molar-refractivity contribution in [3.63, 3.8) is 0 Å². The van der Waals surface area contributed by atoms with Crippen LogP contribution in [-0.4, -0.2) is 29.7 Å². The fourth-order valence-corrected chi connectivity index (χ4v) is 4.19. The number of nitrogens with zero attached hydrogens (tertiary/aromatic N) is 1. The monoisotopic (exact) mass is 369 g/mol. The minimum atomic E-state index is -0.714. The molecule has 0 bridgehead atoms. The van der Waals surface area contributed by atoms with Crippen molar-refractivity contribution in [1.29, 1.82) is 0 Å². The van der Waals surface area contributed by atoms with E-state index >= 15 is 0 Å². The Hall–Kier alpha value is -3.20. The van der Waals surface area contributed by atoms with E-state index in [4.69, 9.17) is 0 Å². The average molecular weight is 369 g/mol. The van der Waals surface area contributed by atoms with Gasteiger partial charge in [-0.15, -0.1) is 0 Å². The molecule has 3 nitrogen and oxygen atoms in total. The maximum absolute atomic E-state index is 13.5. The number of hydrogen-bond donors (Lipinski definition) is 0. The largest absolute Gasteiger partial charge is 0.338 e. The van der Waals surface area contributed by atoms with Gasteiger partial charge in [0, 0.05) is 25.1 Å². The minimum absolute atomic E-state index is 0.00896. The third-order valence-corrected chi connectivity index (χ3v) is 5.68. The van der Waals surface area contributed by atoms with Gasteiger partial charge < -0.3 is 4.90 Å². The number of carbonyl (C=O) groups is 2. The van der Waals surface area contributed by atoms with Crippen molar-refractivity contribution in [1.82, 2.24) is 4.90 Å². The lowest BCUT2D eigenvalue weighted by molar-refractivity contribution is -0.122. The second kappa shape index (κ2) is 7.81. The summed E-state index contributed by atoms with van der Waals surface area (Å²) in [5.74, 6) is 0.165. The van der Waals surface area contributed by atoms with Crippen molar-refractivity contribution in [2.75, 3.05) is 13.1 Å². The third-order valence-electron chi connectivity index (χ3n) is 5.68. The van der Waals surface area contributed by atoms with Gasteiger partial charge in [0.05, 0.1) is 5.41 Å². The predicted molar refractivity (Wildman–Crippen MR) is 110 cm³/mol. The first-order valence-electron chi connectivity index (χ1n) is 9.70. The molecule has 1 heterocycles. The highest BCUT2D eigenvalue weighted by Gasteiger charge is 2.43. The van der Waals surface area contributed by atoms with Crippen LogP contribution >= 0.6 is 0 Å². The Morgan fingerprint density at radius 1 is 0.714 bits per heavy atom. The molecule has 1 fully saturated rings. The average Bonchev–Trinajstić information content (AvgIpc) is 2.95. The zero-order chi connectivity index (χ0) is 19.4. The summed E-state index contributed by atoms with van der Waals surface area (Å²) in [7, 11) is 0. The first-order chi connectivity index (χ1) is 13.7. The number of carbonyl (C=O) groups excluding carboxylic acids is 2.